The van der Waals surface area contributed by atoms with Crippen LogP contribution in [0.4, 0.5) is 9.59 Å². The molecule has 10 atom stereocenters. The Balaban J connectivity index is 0.884. The summed E-state index contributed by atoms with van der Waals surface area (Å²) < 4.78 is 9.69. The van der Waals surface area contributed by atoms with Crippen LogP contribution in [0.5, 0.6) is 0 Å². The minimum absolute atomic E-state index is 0.0913. The number of imidazole rings is 2. The molecule has 2 aromatic heterocycles. The highest BCUT2D eigenvalue weighted by Crippen LogP contribution is 2.55. The highest BCUT2D eigenvalue weighted by Gasteiger charge is 2.57. The van der Waals surface area contributed by atoms with Gasteiger partial charge in [0.25, 0.3) is 0 Å². The van der Waals surface area contributed by atoms with Crippen molar-refractivity contribution in [3.05, 3.63) is 95.7 Å². The number of aromatic nitrogens is 4. The number of hydrogen-bond donors (Lipinski definition) is 4. The third kappa shape index (κ3) is 8.10. The number of carbonyl (C=O) groups excluding carboxylic acids is 4. The van der Waals surface area contributed by atoms with Crippen LogP contribution in [0.25, 0.3) is 33.4 Å². The van der Waals surface area contributed by atoms with Gasteiger partial charge < -0.3 is 39.9 Å². The molecule has 5 fully saturated rings. The molecule has 14 nitrogen and oxygen atoms in total. The molecular weight excluding hydrogens is 833 g/mol. The zero-order valence-electron chi connectivity index (χ0n) is 38.8. The van der Waals surface area contributed by atoms with Crippen molar-refractivity contribution in [2.75, 3.05) is 14.2 Å². The summed E-state index contributed by atoms with van der Waals surface area (Å²) >= 11 is 0. The lowest BCUT2D eigenvalue weighted by Crippen LogP contribution is -2.52. The summed E-state index contributed by atoms with van der Waals surface area (Å²) in [5.74, 6) is 3.21. The summed E-state index contributed by atoms with van der Waals surface area (Å²) in [5.41, 5.74) is 9.49. The first-order valence-electron chi connectivity index (χ1n) is 23.9. The molecule has 0 bridgehead atoms. The SMILES string of the molecule is C=C1CC2CCC2C/C(c2ccc(-c3cnc([C@@H]4CC5CC5N4C(=O)[C@@H](NC(=O)OC)C(C)C)[nH]3)cc2)=C\C=C1c1ccc2nc([C@@H]3CC4CC4N3C(=O)[C@@H](NC(=O)OC)C(C)C)[nH]c2c1. The first-order chi connectivity index (χ1) is 31.8. The number of amides is 4. The van der Waals surface area contributed by atoms with E-state index in [0.29, 0.717) is 23.7 Å². The second-order valence-electron chi connectivity index (χ2n) is 20.3. The second-order valence-corrected chi connectivity index (χ2v) is 20.3. The number of benzene rings is 2. The van der Waals surface area contributed by atoms with Gasteiger partial charge in [0.15, 0.2) is 0 Å². The van der Waals surface area contributed by atoms with Crippen LogP contribution in [-0.2, 0) is 19.1 Å². The lowest BCUT2D eigenvalue weighted by Gasteiger charge is -2.38. The lowest BCUT2D eigenvalue weighted by atomic mass is 9.67. The molecule has 14 heteroatoms. The number of alkyl carbamates (subject to hydrolysis) is 2. The number of ether oxygens (including phenoxy) is 2. The Kier molecular flexibility index (Phi) is 11.4. The van der Waals surface area contributed by atoms with E-state index in [2.05, 4.69) is 81.8 Å². The smallest absolute Gasteiger partial charge is 0.407 e. The van der Waals surface area contributed by atoms with E-state index in [9.17, 15) is 19.2 Å². The number of piperidine rings is 2. The van der Waals surface area contributed by atoms with E-state index in [1.165, 1.54) is 38.2 Å². The molecule has 2 aliphatic heterocycles. The fourth-order valence-corrected chi connectivity index (χ4v) is 11.4. The van der Waals surface area contributed by atoms with Crippen LogP contribution in [-0.4, -0.2) is 92.1 Å². The van der Waals surface area contributed by atoms with Crippen molar-refractivity contribution in [2.24, 2.45) is 35.5 Å². The van der Waals surface area contributed by atoms with Gasteiger partial charge in [-0.3, -0.25) is 9.59 Å². The maximum atomic E-state index is 14.0. The van der Waals surface area contributed by atoms with E-state index in [-0.39, 0.29) is 47.8 Å². The molecule has 4 N–H and O–H groups in total. The minimum Gasteiger partial charge on any atom is -0.453 e. The molecule has 346 valence electrons. The Morgan fingerprint density at radius 1 is 0.697 bits per heavy atom. The molecule has 2 aromatic carbocycles. The van der Waals surface area contributed by atoms with Gasteiger partial charge in [-0.2, -0.15) is 0 Å². The Morgan fingerprint density at radius 3 is 1.83 bits per heavy atom. The first-order valence-corrected chi connectivity index (χ1v) is 23.9. The van der Waals surface area contributed by atoms with Gasteiger partial charge in [-0.15, -0.1) is 0 Å². The number of nitrogens with zero attached hydrogens (tertiary/aromatic N) is 4. The van der Waals surface area contributed by atoms with E-state index in [1.807, 2.05) is 43.7 Å². The lowest BCUT2D eigenvalue weighted by molar-refractivity contribution is -0.137. The number of allylic oxidation sites excluding steroid dienone is 5. The van der Waals surface area contributed by atoms with E-state index < -0.39 is 24.3 Å². The fourth-order valence-electron chi connectivity index (χ4n) is 11.4. The Morgan fingerprint density at radius 2 is 1.26 bits per heavy atom. The van der Waals surface area contributed by atoms with Gasteiger partial charge in [0.05, 0.1) is 49.2 Å². The molecule has 4 aliphatic carbocycles. The number of rotatable bonds is 11. The number of fused-ring (bicyclic) bond motifs is 4. The predicted molar refractivity (Wildman–Crippen MR) is 251 cm³/mol. The summed E-state index contributed by atoms with van der Waals surface area (Å²) in [5, 5.41) is 5.54. The maximum absolute atomic E-state index is 14.0. The van der Waals surface area contributed by atoms with Crippen molar-refractivity contribution in [1.82, 2.24) is 40.4 Å². The molecule has 2 saturated heterocycles. The molecule has 6 unspecified atom stereocenters. The van der Waals surface area contributed by atoms with Gasteiger partial charge in [0.2, 0.25) is 11.8 Å². The number of H-pyrrole nitrogens is 2. The average molecular weight is 895 g/mol. The molecule has 10 rings (SSSR count). The van der Waals surface area contributed by atoms with Crippen LogP contribution >= 0.6 is 0 Å². The summed E-state index contributed by atoms with van der Waals surface area (Å²) in [6.07, 6.45) is 13.2. The van der Waals surface area contributed by atoms with Gasteiger partial charge in [0.1, 0.15) is 23.7 Å². The van der Waals surface area contributed by atoms with E-state index in [4.69, 9.17) is 19.4 Å². The molecule has 66 heavy (non-hydrogen) atoms. The molecule has 0 spiro atoms. The van der Waals surface area contributed by atoms with Crippen LogP contribution in [0.2, 0.25) is 0 Å². The summed E-state index contributed by atoms with van der Waals surface area (Å²) in [6.45, 7) is 12.4. The maximum Gasteiger partial charge on any atom is 0.407 e. The van der Waals surface area contributed by atoms with E-state index >= 15 is 0 Å². The quantitative estimate of drug-likeness (QED) is 0.116. The number of carbonyl (C=O) groups is 4. The average Bonchev–Trinajstić information content (AvgIpc) is 3.92. The van der Waals surface area contributed by atoms with Crippen molar-refractivity contribution >= 4 is 46.2 Å². The zero-order chi connectivity index (χ0) is 46.1. The Labute approximate surface area is 386 Å². The topological polar surface area (TPSA) is 175 Å². The third-order valence-corrected chi connectivity index (χ3v) is 15.5. The van der Waals surface area contributed by atoms with Crippen molar-refractivity contribution in [3.63, 3.8) is 0 Å². The first kappa shape index (κ1) is 43.7. The van der Waals surface area contributed by atoms with Crippen LogP contribution in [0.1, 0.15) is 114 Å². The second kappa shape index (κ2) is 17.2. The van der Waals surface area contributed by atoms with Gasteiger partial charge in [0, 0.05) is 12.1 Å². The number of nitrogens with one attached hydrogen (secondary N) is 4. The van der Waals surface area contributed by atoms with Gasteiger partial charge in [-0.1, -0.05) is 76.8 Å². The number of aromatic amines is 2. The van der Waals surface area contributed by atoms with Crippen LogP contribution in [0.3, 0.4) is 0 Å². The molecule has 4 heterocycles. The molecule has 4 aromatic rings. The van der Waals surface area contributed by atoms with Crippen molar-refractivity contribution in [2.45, 2.75) is 115 Å². The molecule has 3 saturated carbocycles. The predicted octanol–water partition coefficient (Wildman–Crippen LogP) is 8.88. The highest BCUT2D eigenvalue weighted by atomic mass is 16.5. The van der Waals surface area contributed by atoms with Crippen molar-refractivity contribution < 1.29 is 28.7 Å². The minimum atomic E-state index is -0.686. The Hall–Kier alpha value is -6.18. The van der Waals surface area contributed by atoms with E-state index in [1.54, 1.807) is 0 Å². The largest absolute Gasteiger partial charge is 0.453 e. The standard InChI is InChI=1S/C52H62N8O6/c1-26(2)45(57-51(63)65-6)49(61)59-41-21-35(41)23-43(59)47-53-25-40(56-47)30-10-8-29(9-11-30)32-14-16-37(28(5)18-31-12-13-33(31)19-32)34-15-17-38-39(20-34)55-48(54-38)44-24-36-22-42(36)60(44)50(62)46(27(3)4)58-52(64)66-7/h8-11,14-17,20,25-27,31,33,35-36,41-46H,5,12-13,18-19,21-24H2,1-4,6-7H3,(H,53,56)(H,54,55)(H,57,63)(H,58,64)/b32-14+,37-16?/t31?,33?,35?,36?,41?,42?,43-,44-,45-,46-/m0/s1. The third-order valence-electron chi connectivity index (χ3n) is 15.5. The summed E-state index contributed by atoms with van der Waals surface area (Å²) in [4.78, 5) is 73.2. The van der Waals surface area contributed by atoms with Gasteiger partial charge in [-0.25, -0.2) is 19.6 Å². The van der Waals surface area contributed by atoms with Gasteiger partial charge in [-0.05, 0) is 132 Å². The summed E-state index contributed by atoms with van der Waals surface area (Å²) in [7, 11) is 2.62. The van der Waals surface area contributed by atoms with Crippen LogP contribution in [0, 0.1) is 35.5 Å². The highest BCUT2D eigenvalue weighted by molar-refractivity contribution is 5.90. The van der Waals surface area contributed by atoms with Crippen molar-refractivity contribution in [3.8, 4) is 11.3 Å². The van der Waals surface area contributed by atoms with E-state index in [0.717, 1.165) is 89.2 Å². The van der Waals surface area contributed by atoms with Crippen molar-refractivity contribution in [1.29, 1.82) is 0 Å². The van der Waals surface area contributed by atoms with Crippen LogP contribution in [0.15, 0.2) is 73.0 Å². The number of methoxy groups -OCH3 is 2. The fraction of sp³-hybridized carbons (Fsp3) is 0.500. The normalized spacial score (nSPS) is 28.1. The molecule has 6 aliphatic rings. The monoisotopic (exact) mass is 894 g/mol. The number of hydrogen-bond acceptors (Lipinski definition) is 8. The molecular formula is C52H62N8O6. The summed E-state index contributed by atoms with van der Waals surface area (Å²) in [6, 6.07) is 13.7. The zero-order valence-corrected chi connectivity index (χ0v) is 38.8. The molecule has 0 radical (unpaired) electrons. The molecule has 4 amide bonds. The Bertz CT molecular complexity index is 2640. The number of likely N-dealkylation sites (tertiary alicyclic amines) is 2. The van der Waals surface area contributed by atoms with Gasteiger partial charge >= 0.3 is 12.2 Å². The van der Waals surface area contributed by atoms with Crippen LogP contribution < -0.4 is 10.6 Å².